The van der Waals surface area contributed by atoms with E-state index in [1.165, 1.54) is 5.56 Å². The number of rotatable bonds is 5. The lowest BCUT2D eigenvalue weighted by molar-refractivity contribution is -0.152. The van der Waals surface area contributed by atoms with Crippen LogP contribution >= 0.6 is 0 Å². The Morgan fingerprint density at radius 2 is 1.85 bits per heavy atom. The Hall–Kier alpha value is -2.10. The Bertz CT molecular complexity index is 707. The zero-order chi connectivity index (χ0) is 19.6. The number of benzene rings is 1. The molecule has 4 heteroatoms. The van der Waals surface area contributed by atoms with Crippen LogP contribution in [-0.2, 0) is 16.0 Å². The maximum atomic E-state index is 13.0. The van der Waals surface area contributed by atoms with E-state index in [4.69, 9.17) is 4.74 Å². The molecular formula is C23H31NO3. The molecule has 4 nitrogen and oxygen atoms in total. The van der Waals surface area contributed by atoms with Crippen molar-refractivity contribution in [2.75, 3.05) is 19.7 Å². The van der Waals surface area contributed by atoms with E-state index in [1.807, 2.05) is 24.0 Å². The molecule has 0 unspecified atom stereocenters. The smallest absolute Gasteiger partial charge is 0.309 e. The van der Waals surface area contributed by atoms with Gasteiger partial charge in [-0.15, -0.1) is 0 Å². The Labute approximate surface area is 162 Å². The van der Waals surface area contributed by atoms with E-state index in [9.17, 15) is 9.59 Å². The fourth-order valence-electron chi connectivity index (χ4n) is 4.50. The minimum absolute atomic E-state index is 0.0594. The molecule has 1 saturated heterocycles. The highest BCUT2D eigenvalue weighted by molar-refractivity contribution is 5.94. The Morgan fingerprint density at radius 1 is 1.15 bits per heavy atom. The van der Waals surface area contributed by atoms with Crippen molar-refractivity contribution in [1.29, 1.82) is 0 Å². The summed E-state index contributed by atoms with van der Waals surface area (Å²) >= 11 is 0. The summed E-state index contributed by atoms with van der Waals surface area (Å²) in [5.74, 6) is 0.900. The first-order valence-electron chi connectivity index (χ1n) is 10.1. The molecule has 27 heavy (non-hydrogen) atoms. The molecule has 3 rings (SSSR count). The highest BCUT2D eigenvalue weighted by Crippen LogP contribution is 2.40. The molecule has 0 radical (unpaired) electrons. The standard InChI is InChI=1S/C23H31NO3/c1-5-27-23(26)21-16(4)6-9-19-13-24(14-20(19)21)22(25)18-10-7-17(8-11-18)12-15(2)3/h6-11,15-16,19-21H,5,12-14H2,1-4H3/t16-,19-,20-,21-/m0/s1. The van der Waals surface area contributed by atoms with Crippen LogP contribution < -0.4 is 0 Å². The first-order valence-corrected chi connectivity index (χ1v) is 10.1. The molecule has 1 fully saturated rings. The molecule has 1 aromatic rings. The van der Waals surface area contributed by atoms with E-state index in [-0.39, 0.29) is 35.5 Å². The summed E-state index contributed by atoms with van der Waals surface area (Å²) in [6, 6.07) is 7.98. The second-order valence-electron chi connectivity index (χ2n) is 8.35. The third-order valence-corrected chi connectivity index (χ3v) is 5.79. The summed E-state index contributed by atoms with van der Waals surface area (Å²) in [7, 11) is 0. The van der Waals surface area contributed by atoms with Crippen LogP contribution in [0.2, 0.25) is 0 Å². The van der Waals surface area contributed by atoms with Gasteiger partial charge in [-0.3, -0.25) is 9.59 Å². The van der Waals surface area contributed by atoms with Crippen LogP contribution in [0.3, 0.4) is 0 Å². The first-order chi connectivity index (χ1) is 12.9. The summed E-state index contributed by atoms with van der Waals surface area (Å²) < 4.78 is 5.31. The number of amides is 1. The number of fused-ring (bicyclic) bond motifs is 1. The van der Waals surface area contributed by atoms with Crippen LogP contribution in [0.5, 0.6) is 0 Å². The molecule has 0 spiro atoms. The van der Waals surface area contributed by atoms with Crippen molar-refractivity contribution in [2.24, 2.45) is 29.6 Å². The number of carbonyl (C=O) groups excluding carboxylic acids is 2. The third-order valence-electron chi connectivity index (χ3n) is 5.79. The molecule has 146 valence electrons. The summed E-state index contributed by atoms with van der Waals surface area (Å²) in [4.78, 5) is 27.4. The maximum absolute atomic E-state index is 13.0. The molecule has 1 aromatic carbocycles. The van der Waals surface area contributed by atoms with Gasteiger partial charge in [0.15, 0.2) is 0 Å². The fraction of sp³-hybridized carbons (Fsp3) is 0.565. The van der Waals surface area contributed by atoms with E-state index < -0.39 is 0 Å². The van der Waals surface area contributed by atoms with Crippen molar-refractivity contribution < 1.29 is 14.3 Å². The van der Waals surface area contributed by atoms with Crippen molar-refractivity contribution in [3.8, 4) is 0 Å². The Kier molecular flexibility index (Phi) is 6.03. The molecule has 4 atom stereocenters. The maximum Gasteiger partial charge on any atom is 0.309 e. The van der Waals surface area contributed by atoms with Gasteiger partial charge in [0.25, 0.3) is 5.91 Å². The van der Waals surface area contributed by atoms with Gasteiger partial charge in [-0.05, 0) is 54.7 Å². The number of likely N-dealkylation sites (tertiary alicyclic amines) is 1. The van der Waals surface area contributed by atoms with Gasteiger partial charge in [-0.2, -0.15) is 0 Å². The number of nitrogens with zero attached hydrogens (tertiary/aromatic N) is 1. The number of hydrogen-bond acceptors (Lipinski definition) is 3. The van der Waals surface area contributed by atoms with Gasteiger partial charge in [0, 0.05) is 18.7 Å². The topological polar surface area (TPSA) is 46.6 Å². The molecule has 1 heterocycles. The zero-order valence-electron chi connectivity index (χ0n) is 16.9. The minimum atomic E-state index is -0.161. The molecule has 0 bridgehead atoms. The fourth-order valence-corrected chi connectivity index (χ4v) is 4.50. The van der Waals surface area contributed by atoms with Gasteiger partial charge in [-0.1, -0.05) is 45.1 Å². The van der Waals surface area contributed by atoms with E-state index >= 15 is 0 Å². The van der Waals surface area contributed by atoms with Crippen molar-refractivity contribution in [3.63, 3.8) is 0 Å². The summed E-state index contributed by atoms with van der Waals surface area (Å²) in [6.45, 7) is 9.98. The highest BCUT2D eigenvalue weighted by Gasteiger charge is 2.46. The van der Waals surface area contributed by atoms with Crippen LogP contribution in [0, 0.1) is 29.6 Å². The van der Waals surface area contributed by atoms with E-state index in [0.717, 1.165) is 12.0 Å². The molecule has 0 N–H and O–H groups in total. The average Bonchev–Trinajstić information content (AvgIpc) is 3.05. The van der Waals surface area contributed by atoms with Crippen molar-refractivity contribution in [2.45, 2.75) is 34.1 Å². The largest absolute Gasteiger partial charge is 0.466 e. The monoisotopic (exact) mass is 369 g/mol. The minimum Gasteiger partial charge on any atom is -0.466 e. The predicted molar refractivity (Wildman–Crippen MR) is 106 cm³/mol. The summed E-state index contributed by atoms with van der Waals surface area (Å²) in [5.41, 5.74) is 1.99. The number of ether oxygens (including phenoxy) is 1. The Balaban J connectivity index is 1.71. The first kappa shape index (κ1) is 19.7. The molecule has 1 aliphatic heterocycles. The molecule has 0 saturated carbocycles. The van der Waals surface area contributed by atoms with Gasteiger partial charge in [0.2, 0.25) is 0 Å². The van der Waals surface area contributed by atoms with Crippen LogP contribution in [0.4, 0.5) is 0 Å². The van der Waals surface area contributed by atoms with Gasteiger partial charge >= 0.3 is 5.97 Å². The van der Waals surface area contributed by atoms with Crippen LogP contribution in [0.25, 0.3) is 0 Å². The normalized spacial score (nSPS) is 26.9. The zero-order valence-corrected chi connectivity index (χ0v) is 16.9. The number of carbonyl (C=O) groups is 2. The summed E-state index contributed by atoms with van der Waals surface area (Å²) in [5, 5.41) is 0. The highest BCUT2D eigenvalue weighted by atomic mass is 16.5. The van der Waals surface area contributed by atoms with Gasteiger partial charge in [-0.25, -0.2) is 0 Å². The van der Waals surface area contributed by atoms with Crippen LogP contribution in [-0.4, -0.2) is 36.5 Å². The quantitative estimate of drug-likeness (QED) is 0.583. The molecule has 1 aliphatic carbocycles. The predicted octanol–water partition coefficient (Wildman–Crippen LogP) is 3.96. The molecule has 0 aromatic heterocycles. The number of hydrogen-bond donors (Lipinski definition) is 0. The van der Waals surface area contributed by atoms with Crippen molar-refractivity contribution >= 4 is 11.9 Å². The second-order valence-corrected chi connectivity index (χ2v) is 8.35. The lowest BCUT2D eigenvalue weighted by Gasteiger charge is -2.31. The summed E-state index contributed by atoms with van der Waals surface area (Å²) in [6.07, 6.45) is 5.31. The molecule has 1 amide bonds. The number of allylic oxidation sites excluding steroid dienone is 1. The van der Waals surface area contributed by atoms with Gasteiger partial charge in [0.05, 0.1) is 12.5 Å². The molecular weight excluding hydrogens is 338 g/mol. The van der Waals surface area contributed by atoms with Crippen molar-refractivity contribution in [3.05, 3.63) is 47.5 Å². The van der Waals surface area contributed by atoms with Gasteiger partial charge < -0.3 is 9.64 Å². The lowest BCUT2D eigenvalue weighted by Crippen LogP contribution is -2.37. The lowest BCUT2D eigenvalue weighted by atomic mass is 9.72. The molecule has 2 aliphatic rings. The average molecular weight is 370 g/mol. The Morgan fingerprint density at radius 3 is 2.48 bits per heavy atom. The third kappa shape index (κ3) is 4.26. The van der Waals surface area contributed by atoms with E-state index in [2.05, 4.69) is 45.1 Å². The SMILES string of the molecule is CCOC(=O)[C@@H]1[C@H]2CN(C(=O)c3ccc(CC(C)C)cc3)C[C@@H]2C=C[C@@H]1C. The van der Waals surface area contributed by atoms with E-state index in [1.54, 1.807) is 0 Å². The van der Waals surface area contributed by atoms with Crippen LogP contribution in [0.15, 0.2) is 36.4 Å². The van der Waals surface area contributed by atoms with Gasteiger partial charge in [0.1, 0.15) is 0 Å². The van der Waals surface area contributed by atoms with E-state index in [0.29, 0.717) is 25.6 Å². The second kappa shape index (κ2) is 8.28. The van der Waals surface area contributed by atoms with Crippen LogP contribution in [0.1, 0.15) is 43.6 Å². The van der Waals surface area contributed by atoms with Crippen molar-refractivity contribution in [1.82, 2.24) is 4.90 Å². The number of esters is 1.